The van der Waals surface area contributed by atoms with Gasteiger partial charge in [-0.25, -0.2) is 17.9 Å². The zero-order valence-electron chi connectivity index (χ0n) is 11.7. The summed E-state index contributed by atoms with van der Waals surface area (Å²) in [7, 11) is -2.65. The molecule has 0 aliphatic heterocycles. The average molecular weight is 345 g/mol. The van der Waals surface area contributed by atoms with Crippen LogP contribution in [0.15, 0.2) is 39.4 Å². The van der Waals surface area contributed by atoms with Gasteiger partial charge in [0.1, 0.15) is 9.77 Å². The molecular formula is C13H15NO6S2. The molecular weight excluding hydrogens is 330 g/mol. The zero-order chi connectivity index (χ0) is 16.2. The van der Waals surface area contributed by atoms with Crippen LogP contribution in [0.5, 0.6) is 0 Å². The number of carbonyl (C=O) groups is 1. The lowest BCUT2D eigenvalue weighted by molar-refractivity contribution is 0.0602. The Morgan fingerprint density at radius 1 is 1.50 bits per heavy atom. The fraction of sp³-hybridized carbons (Fsp3) is 0.308. The second kappa shape index (κ2) is 7.05. The highest BCUT2D eigenvalue weighted by Crippen LogP contribution is 2.23. The van der Waals surface area contributed by atoms with E-state index < -0.39 is 22.1 Å². The highest BCUT2D eigenvalue weighted by atomic mass is 32.2. The lowest BCUT2D eigenvalue weighted by atomic mass is 10.1. The van der Waals surface area contributed by atoms with Crippen LogP contribution in [0.25, 0.3) is 0 Å². The average Bonchev–Trinajstić information content (AvgIpc) is 3.17. The van der Waals surface area contributed by atoms with Gasteiger partial charge in [0.2, 0.25) is 10.0 Å². The molecule has 0 radical (unpaired) electrons. The summed E-state index contributed by atoms with van der Waals surface area (Å²) in [5.74, 6) is -0.700. The number of furan rings is 1. The molecule has 2 rings (SSSR count). The summed E-state index contributed by atoms with van der Waals surface area (Å²) >= 11 is 0.991. The van der Waals surface area contributed by atoms with Crippen LogP contribution < -0.4 is 4.72 Å². The van der Waals surface area contributed by atoms with E-state index in [0.29, 0.717) is 5.56 Å². The molecule has 0 fully saturated rings. The summed E-state index contributed by atoms with van der Waals surface area (Å²) in [6.45, 7) is 0.0190. The van der Waals surface area contributed by atoms with E-state index in [1.54, 1.807) is 6.07 Å². The molecule has 0 bridgehead atoms. The summed E-state index contributed by atoms with van der Waals surface area (Å²) in [5, 5.41) is 11.4. The summed E-state index contributed by atoms with van der Waals surface area (Å²) < 4.78 is 36.1. The number of carbonyl (C=O) groups excluding carboxylic acids is 1. The van der Waals surface area contributed by atoms with E-state index in [1.807, 2.05) is 0 Å². The molecule has 0 saturated heterocycles. The standard InChI is InChI=1S/C13H15NO6S2/c1-19-13(16)12-11(4-7-21-12)22(17,18)14-5-2-10(15)9-3-6-20-8-9/h3-4,6-8,10,14-15H,2,5H2,1H3/t10-/m1/s1. The number of rotatable bonds is 7. The van der Waals surface area contributed by atoms with Crippen molar-refractivity contribution in [2.45, 2.75) is 17.4 Å². The van der Waals surface area contributed by atoms with Crippen molar-refractivity contribution in [1.82, 2.24) is 4.72 Å². The maximum Gasteiger partial charge on any atom is 0.349 e. The number of thiophene rings is 1. The molecule has 0 unspecified atom stereocenters. The van der Waals surface area contributed by atoms with Gasteiger partial charge in [-0.2, -0.15) is 0 Å². The molecule has 2 aromatic heterocycles. The lowest BCUT2D eigenvalue weighted by Gasteiger charge is -2.10. The number of aliphatic hydroxyl groups excluding tert-OH is 1. The minimum absolute atomic E-state index is 0.0189. The normalized spacial score (nSPS) is 13.0. The predicted octanol–water partition coefficient (Wildman–Crippen LogP) is 1.53. The lowest BCUT2D eigenvalue weighted by Crippen LogP contribution is -2.26. The van der Waals surface area contributed by atoms with Crippen molar-refractivity contribution < 1.29 is 27.5 Å². The van der Waals surface area contributed by atoms with Crippen LogP contribution in [0.2, 0.25) is 0 Å². The van der Waals surface area contributed by atoms with E-state index in [4.69, 9.17) is 4.42 Å². The van der Waals surface area contributed by atoms with Crippen LogP contribution in [0.1, 0.15) is 27.8 Å². The van der Waals surface area contributed by atoms with Crippen LogP contribution in [0, 0.1) is 0 Å². The Kier molecular flexibility index (Phi) is 5.35. The van der Waals surface area contributed by atoms with E-state index in [1.165, 1.54) is 31.1 Å². The van der Waals surface area contributed by atoms with E-state index in [0.717, 1.165) is 11.3 Å². The van der Waals surface area contributed by atoms with E-state index in [-0.39, 0.29) is 22.7 Å². The molecule has 0 amide bonds. The van der Waals surface area contributed by atoms with Crippen molar-refractivity contribution in [3.8, 4) is 0 Å². The Morgan fingerprint density at radius 3 is 2.91 bits per heavy atom. The van der Waals surface area contributed by atoms with E-state index in [9.17, 15) is 18.3 Å². The molecule has 0 saturated carbocycles. The second-order valence-corrected chi connectivity index (χ2v) is 7.02. The first-order valence-electron chi connectivity index (χ1n) is 6.31. The topological polar surface area (TPSA) is 106 Å². The minimum Gasteiger partial charge on any atom is -0.472 e. The van der Waals surface area contributed by atoms with Gasteiger partial charge in [0.25, 0.3) is 0 Å². The fourth-order valence-corrected chi connectivity index (χ4v) is 4.17. The quantitative estimate of drug-likeness (QED) is 0.737. The molecule has 2 heterocycles. The third-order valence-corrected chi connectivity index (χ3v) is 5.45. The van der Waals surface area contributed by atoms with Crippen LogP contribution in [-0.2, 0) is 14.8 Å². The second-order valence-electron chi connectivity index (χ2n) is 4.36. The van der Waals surface area contributed by atoms with Crippen LogP contribution in [0.3, 0.4) is 0 Å². The molecule has 0 aliphatic rings. The highest BCUT2D eigenvalue weighted by Gasteiger charge is 2.24. The van der Waals surface area contributed by atoms with Crippen molar-refractivity contribution in [2.24, 2.45) is 0 Å². The largest absolute Gasteiger partial charge is 0.472 e. The Labute approximate surface area is 131 Å². The van der Waals surface area contributed by atoms with Gasteiger partial charge in [0, 0.05) is 12.1 Å². The van der Waals surface area contributed by atoms with Gasteiger partial charge in [0.15, 0.2) is 0 Å². The van der Waals surface area contributed by atoms with Crippen molar-refractivity contribution in [3.63, 3.8) is 0 Å². The van der Waals surface area contributed by atoms with Gasteiger partial charge >= 0.3 is 5.97 Å². The molecule has 0 spiro atoms. The van der Waals surface area contributed by atoms with Crippen molar-refractivity contribution in [2.75, 3.05) is 13.7 Å². The SMILES string of the molecule is COC(=O)c1sccc1S(=O)(=O)NCC[C@@H](O)c1ccoc1. The Balaban J connectivity index is 2.00. The van der Waals surface area contributed by atoms with Crippen LogP contribution in [-0.4, -0.2) is 33.1 Å². The molecule has 2 aromatic rings. The smallest absolute Gasteiger partial charge is 0.349 e. The molecule has 7 nitrogen and oxygen atoms in total. The van der Waals surface area contributed by atoms with Gasteiger partial charge < -0.3 is 14.3 Å². The molecule has 1 atom stereocenters. The summed E-state index contributed by atoms with van der Waals surface area (Å²) in [4.78, 5) is 11.4. The van der Waals surface area contributed by atoms with Crippen molar-refractivity contribution in [3.05, 3.63) is 40.5 Å². The van der Waals surface area contributed by atoms with Gasteiger partial charge in [-0.15, -0.1) is 11.3 Å². The zero-order valence-corrected chi connectivity index (χ0v) is 13.3. The first kappa shape index (κ1) is 16.7. The summed E-state index contributed by atoms with van der Waals surface area (Å²) in [6.07, 6.45) is 2.17. The first-order chi connectivity index (χ1) is 10.5. The van der Waals surface area contributed by atoms with Gasteiger partial charge in [0.05, 0.1) is 25.7 Å². The fourth-order valence-electron chi connectivity index (χ4n) is 1.79. The number of nitrogens with one attached hydrogen (secondary N) is 1. The number of sulfonamides is 1. The molecule has 0 aliphatic carbocycles. The Bertz CT molecular complexity index is 720. The van der Waals surface area contributed by atoms with Gasteiger partial charge in [-0.05, 0) is 23.9 Å². The molecule has 9 heteroatoms. The first-order valence-corrected chi connectivity index (χ1v) is 8.67. The molecule has 22 heavy (non-hydrogen) atoms. The molecule has 2 N–H and O–H groups in total. The predicted molar refractivity (Wildman–Crippen MR) is 79.1 cm³/mol. The third kappa shape index (κ3) is 3.74. The highest BCUT2D eigenvalue weighted by molar-refractivity contribution is 7.89. The monoisotopic (exact) mass is 345 g/mol. The maximum absolute atomic E-state index is 12.2. The molecule has 0 aromatic carbocycles. The number of ether oxygens (including phenoxy) is 1. The van der Waals surface area contributed by atoms with Crippen LogP contribution >= 0.6 is 11.3 Å². The number of hydrogen-bond acceptors (Lipinski definition) is 7. The summed E-state index contributed by atoms with van der Waals surface area (Å²) in [6, 6.07) is 2.94. The van der Waals surface area contributed by atoms with Crippen molar-refractivity contribution in [1.29, 1.82) is 0 Å². The van der Waals surface area contributed by atoms with E-state index in [2.05, 4.69) is 9.46 Å². The Hall–Kier alpha value is -1.68. The molecule has 120 valence electrons. The summed E-state index contributed by atoms with van der Waals surface area (Å²) in [5.41, 5.74) is 0.574. The number of hydrogen-bond donors (Lipinski definition) is 2. The van der Waals surface area contributed by atoms with Crippen molar-refractivity contribution >= 4 is 27.3 Å². The van der Waals surface area contributed by atoms with Gasteiger partial charge in [-0.3, -0.25) is 0 Å². The minimum atomic E-state index is -3.84. The maximum atomic E-state index is 12.2. The Morgan fingerprint density at radius 2 is 2.27 bits per heavy atom. The number of methoxy groups -OCH3 is 1. The van der Waals surface area contributed by atoms with Gasteiger partial charge in [-0.1, -0.05) is 0 Å². The third-order valence-electron chi connectivity index (χ3n) is 2.93. The van der Waals surface area contributed by atoms with Crippen LogP contribution in [0.4, 0.5) is 0 Å². The van der Waals surface area contributed by atoms with E-state index >= 15 is 0 Å². The number of esters is 1. The number of aliphatic hydroxyl groups is 1.